The molecule has 1 N–H and O–H groups in total. The molecule has 88 valence electrons. The van der Waals surface area contributed by atoms with Crippen LogP contribution >= 0.6 is 0 Å². The number of hydrogen-bond donors (Lipinski definition) is 1. The van der Waals surface area contributed by atoms with Crippen molar-refractivity contribution in [1.29, 1.82) is 0 Å². The summed E-state index contributed by atoms with van der Waals surface area (Å²) in [5, 5.41) is 9.89. The highest BCUT2D eigenvalue weighted by atomic mass is 16.8. The zero-order valence-electron chi connectivity index (χ0n) is 9.09. The molecule has 5 nitrogen and oxygen atoms in total. The number of hydrogen-bond acceptors (Lipinski definition) is 5. The van der Waals surface area contributed by atoms with Gasteiger partial charge in [0.2, 0.25) is 0 Å². The molecule has 0 bridgehead atoms. The van der Waals surface area contributed by atoms with Crippen LogP contribution in [0.2, 0.25) is 0 Å². The highest BCUT2D eigenvalue weighted by Gasteiger charge is 2.51. The van der Waals surface area contributed by atoms with E-state index in [-0.39, 0.29) is 18.5 Å². The van der Waals surface area contributed by atoms with Gasteiger partial charge in [-0.25, -0.2) is 0 Å². The Balaban J connectivity index is 1.87. The molecule has 2 heterocycles. The van der Waals surface area contributed by atoms with Gasteiger partial charge in [0, 0.05) is 6.61 Å². The first-order chi connectivity index (χ1) is 7.26. The van der Waals surface area contributed by atoms with Gasteiger partial charge < -0.3 is 24.1 Å². The number of ether oxygens (including phenoxy) is 4. The Labute approximate surface area is 89.3 Å². The lowest BCUT2D eigenvalue weighted by molar-refractivity contribution is -0.177. The summed E-state index contributed by atoms with van der Waals surface area (Å²) in [5.74, 6) is 0. The van der Waals surface area contributed by atoms with Crippen LogP contribution in [-0.4, -0.2) is 49.2 Å². The van der Waals surface area contributed by atoms with E-state index in [0.29, 0.717) is 13.2 Å². The third-order valence-electron chi connectivity index (χ3n) is 2.71. The van der Waals surface area contributed by atoms with E-state index >= 15 is 0 Å². The van der Waals surface area contributed by atoms with Crippen molar-refractivity contribution < 1.29 is 24.1 Å². The normalized spacial score (nSPS) is 44.6. The van der Waals surface area contributed by atoms with Crippen LogP contribution in [0.1, 0.15) is 20.3 Å². The third kappa shape index (κ3) is 2.16. The molecule has 0 aromatic heterocycles. The minimum Gasteiger partial charge on any atom is -0.387 e. The lowest BCUT2D eigenvalue weighted by Gasteiger charge is -2.18. The zero-order valence-corrected chi connectivity index (χ0v) is 9.09. The quantitative estimate of drug-likeness (QED) is 0.733. The maximum Gasteiger partial charge on any atom is 0.190 e. The number of aliphatic hydroxyl groups excluding tert-OH is 1. The van der Waals surface area contributed by atoms with Crippen molar-refractivity contribution in [3.8, 4) is 0 Å². The molecule has 0 aliphatic carbocycles. The van der Waals surface area contributed by atoms with E-state index in [2.05, 4.69) is 0 Å². The Morgan fingerprint density at radius 3 is 2.60 bits per heavy atom. The highest BCUT2D eigenvalue weighted by molar-refractivity contribution is 4.90. The monoisotopic (exact) mass is 218 g/mol. The van der Waals surface area contributed by atoms with Crippen LogP contribution in [0.5, 0.6) is 0 Å². The first kappa shape index (κ1) is 11.3. The van der Waals surface area contributed by atoms with Crippen LogP contribution in [-0.2, 0) is 18.9 Å². The Bertz CT molecular complexity index is 210. The summed E-state index contributed by atoms with van der Waals surface area (Å²) in [4.78, 5) is 0. The van der Waals surface area contributed by atoms with Crippen LogP contribution in [0.15, 0.2) is 0 Å². The zero-order chi connectivity index (χ0) is 10.8. The second kappa shape index (κ2) is 4.76. The van der Waals surface area contributed by atoms with E-state index in [0.717, 1.165) is 6.42 Å². The van der Waals surface area contributed by atoms with E-state index in [4.69, 9.17) is 18.9 Å². The van der Waals surface area contributed by atoms with Crippen molar-refractivity contribution in [3.05, 3.63) is 0 Å². The fourth-order valence-electron chi connectivity index (χ4n) is 1.88. The molecule has 0 amide bonds. The Kier molecular flexibility index (Phi) is 3.58. The fraction of sp³-hybridized carbons (Fsp3) is 1.00. The van der Waals surface area contributed by atoms with Crippen LogP contribution < -0.4 is 0 Å². The summed E-state index contributed by atoms with van der Waals surface area (Å²) in [6, 6.07) is 0. The molecule has 2 aliphatic rings. The van der Waals surface area contributed by atoms with Crippen molar-refractivity contribution >= 4 is 0 Å². The third-order valence-corrected chi connectivity index (χ3v) is 2.71. The molecule has 5 unspecified atom stereocenters. The molecule has 0 spiro atoms. The molecular weight excluding hydrogens is 200 g/mol. The van der Waals surface area contributed by atoms with E-state index in [1.54, 1.807) is 0 Å². The van der Waals surface area contributed by atoms with Crippen molar-refractivity contribution in [2.24, 2.45) is 0 Å². The Morgan fingerprint density at radius 2 is 2.00 bits per heavy atom. The highest BCUT2D eigenvalue weighted by Crippen LogP contribution is 2.33. The molecule has 0 radical (unpaired) electrons. The predicted molar refractivity (Wildman–Crippen MR) is 51.2 cm³/mol. The van der Waals surface area contributed by atoms with Gasteiger partial charge in [-0.3, -0.25) is 0 Å². The van der Waals surface area contributed by atoms with Gasteiger partial charge in [-0.1, -0.05) is 6.92 Å². The van der Waals surface area contributed by atoms with Crippen LogP contribution in [0, 0.1) is 0 Å². The van der Waals surface area contributed by atoms with E-state index in [1.165, 1.54) is 0 Å². The first-order valence-corrected chi connectivity index (χ1v) is 5.48. The number of fused-ring (bicyclic) bond motifs is 1. The minimum absolute atomic E-state index is 0.248. The van der Waals surface area contributed by atoms with E-state index < -0.39 is 12.4 Å². The second-order valence-electron chi connectivity index (χ2n) is 3.77. The molecule has 0 saturated carbocycles. The fourth-order valence-corrected chi connectivity index (χ4v) is 1.88. The van der Waals surface area contributed by atoms with Gasteiger partial charge in [0.15, 0.2) is 12.6 Å². The van der Waals surface area contributed by atoms with E-state index in [1.807, 2.05) is 13.8 Å². The average molecular weight is 218 g/mol. The molecule has 2 rings (SSSR count). The van der Waals surface area contributed by atoms with Crippen LogP contribution in [0.25, 0.3) is 0 Å². The van der Waals surface area contributed by atoms with Gasteiger partial charge >= 0.3 is 0 Å². The van der Waals surface area contributed by atoms with Gasteiger partial charge in [-0.05, 0) is 13.3 Å². The largest absolute Gasteiger partial charge is 0.387 e. The Morgan fingerprint density at radius 1 is 1.20 bits per heavy atom. The van der Waals surface area contributed by atoms with Crippen molar-refractivity contribution in [1.82, 2.24) is 0 Å². The number of rotatable bonds is 4. The lowest BCUT2D eigenvalue weighted by atomic mass is 10.1. The molecule has 0 aromatic rings. The standard InChI is InChI=1S/C10H18O5/c1-3-7-14-9-8(11)6(5-12-4-2)13-10(9)15-7/h6-11H,3-5H2,1-2H3. The van der Waals surface area contributed by atoms with Crippen molar-refractivity contribution in [2.75, 3.05) is 13.2 Å². The maximum absolute atomic E-state index is 9.89. The predicted octanol–water partition coefficient (Wildman–Crippen LogP) is 0.260. The van der Waals surface area contributed by atoms with Gasteiger partial charge in [0.1, 0.15) is 18.3 Å². The summed E-state index contributed by atoms with van der Waals surface area (Å²) in [5.41, 5.74) is 0. The van der Waals surface area contributed by atoms with Gasteiger partial charge in [0.25, 0.3) is 0 Å². The molecular formula is C10H18O5. The molecule has 0 aromatic carbocycles. The van der Waals surface area contributed by atoms with Gasteiger partial charge in [0.05, 0.1) is 6.61 Å². The second-order valence-corrected chi connectivity index (χ2v) is 3.77. The van der Waals surface area contributed by atoms with Crippen LogP contribution in [0.3, 0.4) is 0 Å². The molecule has 2 aliphatic heterocycles. The summed E-state index contributed by atoms with van der Waals surface area (Å²) in [7, 11) is 0. The molecule has 2 saturated heterocycles. The van der Waals surface area contributed by atoms with Gasteiger partial charge in [-0.15, -0.1) is 0 Å². The summed E-state index contributed by atoms with van der Waals surface area (Å²) >= 11 is 0. The molecule has 15 heavy (non-hydrogen) atoms. The van der Waals surface area contributed by atoms with Crippen molar-refractivity contribution in [2.45, 2.75) is 51.2 Å². The van der Waals surface area contributed by atoms with Gasteiger partial charge in [-0.2, -0.15) is 0 Å². The summed E-state index contributed by atoms with van der Waals surface area (Å²) < 4.78 is 21.7. The van der Waals surface area contributed by atoms with Crippen molar-refractivity contribution in [3.63, 3.8) is 0 Å². The molecule has 5 heteroatoms. The lowest BCUT2D eigenvalue weighted by Crippen LogP contribution is -2.35. The van der Waals surface area contributed by atoms with E-state index in [9.17, 15) is 5.11 Å². The maximum atomic E-state index is 9.89. The molecule has 5 atom stereocenters. The Hall–Kier alpha value is -0.200. The summed E-state index contributed by atoms with van der Waals surface area (Å²) in [6.07, 6.45) is -1.27. The first-order valence-electron chi connectivity index (χ1n) is 5.48. The minimum atomic E-state index is -0.655. The average Bonchev–Trinajstić information content (AvgIpc) is 2.76. The smallest absolute Gasteiger partial charge is 0.190 e. The molecule has 2 fully saturated rings. The topological polar surface area (TPSA) is 57.2 Å². The van der Waals surface area contributed by atoms with Crippen LogP contribution in [0.4, 0.5) is 0 Å². The SMILES string of the molecule is CCOCC1OC2OC(CC)OC2C1O. The number of aliphatic hydroxyl groups is 1. The summed E-state index contributed by atoms with van der Waals surface area (Å²) in [6.45, 7) is 4.87.